The molecule has 0 saturated heterocycles. The molecule has 1 aromatic heterocycles. The summed E-state index contributed by atoms with van der Waals surface area (Å²) in [6, 6.07) is 3.03. The van der Waals surface area contributed by atoms with Crippen molar-refractivity contribution in [2.75, 3.05) is 7.05 Å². The molecule has 2 fully saturated rings. The van der Waals surface area contributed by atoms with Gasteiger partial charge in [-0.3, -0.25) is 4.79 Å². The molecule has 0 unspecified atom stereocenters. The fraction of sp³-hybridized carbons (Fsp3) is 0.667. The average Bonchev–Trinajstić information content (AvgIpc) is 3.17. The zero-order chi connectivity index (χ0) is 15.7. The van der Waals surface area contributed by atoms with Crippen molar-refractivity contribution in [1.82, 2.24) is 9.62 Å². The van der Waals surface area contributed by atoms with Crippen LogP contribution in [0, 0.1) is 0 Å². The minimum atomic E-state index is -3.65. The summed E-state index contributed by atoms with van der Waals surface area (Å²) >= 11 is 0. The van der Waals surface area contributed by atoms with Gasteiger partial charge in [0.2, 0.25) is 5.09 Å². The number of sulfonamides is 1. The third-order valence-corrected chi connectivity index (χ3v) is 5.79. The van der Waals surface area contributed by atoms with Gasteiger partial charge >= 0.3 is 0 Å². The number of carbonyl (C=O) groups is 1. The lowest BCUT2D eigenvalue weighted by Crippen LogP contribution is -2.38. The Kier molecular flexibility index (Phi) is 4.27. The van der Waals surface area contributed by atoms with Crippen LogP contribution < -0.4 is 4.72 Å². The molecule has 1 amide bonds. The fourth-order valence-electron chi connectivity index (χ4n) is 2.87. The molecule has 0 bridgehead atoms. The van der Waals surface area contributed by atoms with Gasteiger partial charge in [0.05, 0.1) is 0 Å². The molecule has 1 aromatic rings. The number of rotatable bonds is 5. The monoisotopic (exact) mass is 326 g/mol. The SMILES string of the molecule is CN(C(=O)c1ccc(S(=O)(=O)NC2CC2)o1)C1CCCCC1. The van der Waals surface area contributed by atoms with Gasteiger partial charge in [0, 0.05) is 19.1 Å². The van der Waals surface area contributed by atoms with E-state index in [4.69, 9.17) is 4.42 Å². The smallest absolute Gasteiger partial charge is 0.289 e. The van der Waals surface area contributed by atoms with Crippen molar-refractivity contribution in [3.8, 4) is 0 Å². The highest BCUT2D eigenvalue weighted by Gasteiger charge is 2.31. The van der Waals surface area contributed by atoms with Crippen molar-refractivity contribution in [2.24, 2.45) is 0 Å². The van der Waals surface area contributed by atoms with Gasteiger partial charge in [0.15, 0.2) is 5.76 Å². The number of hydrogen-bond donors (Lipinski definition) is 1. The largest absolute Gasteiger partial charge is 0.438 e. The van der Waals surface area contributed by atoms with Gasteiger partial charge in [-0.05, 0) is 37.8 Å². The lowest BCUT2D eigenvalue weighted by Gasteiger charge is -2.30. The molecule has 0 atom stereocenters. The standard InChI is InChI=1S/C15H22N2O4S/c1-17(12-5-3-2-4-6-12)15(18)13-9-10-14(21-13)22(19,20)16-11-7-8-11/h9-12,16H,2-8H2,1H3. The minimum absolute atomic E-state index is 0.0131. The van der Waals surface area contributed by atoms with E-state index in [9.17, 15) is 13.2 Å². The third kappa shape index (κ3) is 3.35. The van der Waals surface area contributed by atoms with Crippen LogP contribution in [0.15, 0.2) is 21.6 Å². The zero-order valence-corrected chi connectivity index (χ0v) is 13.6. The summed E-state index contributed by atoms with van der Waals surface area (Å²) in [7, 11) is -1.89. The molecule has 2 aliphatic carbocycles. The summed E-state index contributed by atoms with van der Waals surface area (Å²) in [5.74, 6) is -0.163. The van der Waals surface area contributed by atoms with E-state index in [-0.39, 0.29) is 28.8 Å². The van der Waals surface area contributed by atoms with Crippen molar-refractivity contribution in [3.05, 3.63) is 17.9 Å². The van der Waals surface area contributed by atoms with Gasteiger partial charge in [0.25, 0.3) is 15.9 Å². The van der Waals surface area contributed by atoms with Crippen molar-refractivity contribution >= 4 is 15.9 Å². The number of amides is 1. The first-order valence-electron chi connectivity index (χ1n) is 7.87. The molecule has 1 N–H and O–H groups in total. The highest BCUT2D eigenvalue weighted by Crippen LogP contribution is 2.25. The van der Waals surface area contributed by atoms with Crippen LogP contribution in [0.1, 0.15) is 55.5 Å². The van der Waals surface area contributed by atoms with Crippen molar-refractivity contribution in [1.29, 1.82) is 0 Å². The summed E-state index contributed by atoms with van der Waals surface area (Å²) in [5.41, 5.74) is 0. The quantitative estimate of drug-likeness (QED) is 0.899. The maximum atomic E-state index is 12.4. The highest BCUT2D eigenvalue weighted by molar-refractivity contribution is 7.89. The second kappa shape index (κ2) is 6.04. The summed E-state index contributed by atoms with van der Waals surface area (Å²) in [5, 5.41) is -0.181. The topological polar surface area (TPSA) is 79.6 Å². The summed E-state index contributed by atoms with van der Waals surface area (Å²) in [4.78, 5) is 14.1. The molecule has 122 valence electrons. The lowest BCUT2D eigenvalue weighted by atomic mass is 9.94. The molecule has 0 spiro atoms. The lowest BCUT2D eigenvalue weighted by molar-refractivity contribution is 0.0658. The maximum Gasteiger partial charge on any atom is 0.289 e. The normalized spacial score (nSPS) is 20.0. The molecule has 6 nitrogen and oxygen atoms in total. The molecule has 2 saturated carbocycles. The molecular formula is C15H22N2O4S. The van der Waals surface area contributed by atoms with Crippen LogP contribution in [0.5, 0.6) is 0 Å². The van der Waals surface area contributed by atoms with E-state index >= 15 is 0 Å². The molecule has 2 aliphatic rings. The van der Waals surface area contributed by atoms with E-state index in [1.165, 1.54) is 18.6 Å². The Hall–Kier alpha value is -1.34. The Balaban J connectivity index is 1.70. The van der Waals surface area contributed by atoms with Crippen molar-refractivity contribution in [2.45, 2.75) is 62.1 Å². The Labute approximate surface area is 130 Å². The van der Waals surface area contributed by atoms with Crippen LogP contribution >= 0.6 is 0 Å². The average molecular weight is 326 g/mol. The van der Waals surface area contributed by atoms with E-state index in [1.54, 1.807) is 11.9 Å². The Morgan fingerprint density at radius 2 is 1.86 bits per heavy atom. The molecule has 7 heteroatoms. The molecule has 0 aliphatic heterocycles. The van der Waals surface area contributed by atoms with Crippen LogP contribution in [0.3, 0.4) is 0 Å². The molecular weight excluding hydrogens is 304 g/mol. The summed E-state index contributed by atoms with van der Waals surface area (Å²) in [6.07, 6.45) is 7.19. The van der Waals surface area contributed by atoms with Crippen LogP contribution in [0.4, 0.5) is 0 Å². The second-order valence-corrected chi connectivity index (χ2v) is 7.87. The second-order valence-electron chi connectivity index (χ2n) is 6.22. The molecule has 1 heterocycles. The van der Waals surface area contributed by atoms with E-state index in [0.717, 1.165) is 38.5 Å². The number of hydrogen-bond acceptors (Lipinski definition) is 4. The van der Waals surface area contributed by atoms with E-state index < -0.39 is 10.0 Å². The van der Waals surface area contributed by atoms with E-state index in [1.807, 2.05) is 0 Å². The van der Waals surface area contributed by atoms with Crippen molar-refractivity contribution in [3.63, 3.8) is 0 Å². The van der Waals surface area contributed by atoms with Crippen molar-refractivity contribution < 1.29 is 17.6 Å². The van der Waals surface area contributed by atoms with Crippen LogP contribution in [-0.4, -0.2) is 38.4 Å². The van der Waals surface area contributed by atoms with Crippen LogP contribution in [0.25, 0.3) is 0 Å². The molecule has 0 radical (unpaired) electrons. The van der Waals surface area contributed by atoms with Gasteiger partial charge in [0.1, 0.15) is 0 Å². The fourth-order valence-corrected chi connectivity index (χ4v) is 4.10. The van der Waals surface area contributed by atoms with Gasteiger partial charge in [-0.15, -0.1) is 0 Å². The molecule has 22 heavy (non-hydrogen) atoms. The Morgan fingerprint density at radius 1 is 1.18 bits per heavy atom. The van der Waals surface area contributed by atoms with E-state index in [2.05, 4.69) is 4.72 Å². The summed E-state index contributed by atoms with van der Waals surface area (Å²) in [6.45, 7) is 0. The van der Waals surface area contributed by atoms with Gasteiger partial charge < -0.3 is 9.32 Å². The number of carbonyl (C=O) groups excluding carboxylic acids is 1. The molecule has 3 rings (SSSR count). The van der Waals surface area contributed by atoms with Gasteiger partial charge in [-0.25, -0.2) is 13.1 Å². The van der Waals surface area contributed by atoms with Gasteiger partial charge in [-0.2, -0.15) is 0 Å². The number of nitrogens with zero attached hydrogens (tertiary/aromatic N) is 1. The summed E-state index contributed by atoms with van der Waals surface area (Å²) < 4.78 is 32.0. The first kappa shape index (κ1) is 15.6. The minimum Gasteiger partial charge on any atom is -0.438 e. The zero-order valence-electron chi connectivity index (χ0n) is 12.7. The first-order valence-corrected chi connectivity index (χ1v) is 9.35. The first-order chi connectivity index (χ1) is 10.5. The highest BCUT2D eigenvalue weighted by atomic mass is 32.2. The van der Waals surface area contributed by atoms with E-state index in [0.29, 0.717) is 0 Å². The number of furan rings is 1. The number of nitrogens with one attached hydrogen (secondary N) is 1. The van der Waals surface area contributed by atoms with Crippen LogP contribution in [0.2, 0.25) is 0 Å². The Bertz CT molecular complexity index is 642. The van der Waals surface area contributed by atoms with Gasteiger partial charge in [-0.1, -0.05) is 19.3 Å². The molecule has 0 aromatic carbocycles. The third-order valence-electron chi connectivity index (χ3n) is 4.40. The predicted octanol–water partition coefficient (Wildman–Crippen LogP) is 2.12. The van der Waals surface area contributed by atoms with Crippen LogP contribution in [-0.2, 0) is 10.0 Å². The maximum absolute atomic E-state index is 12.4. The predicted molar refractivity (Wildman–Crippen MR) is 81.0 cm³/mol. The Morgan fingerprint density at radius 3 is 2.50 bits per heavy atom.